The summed E-state index contributed by atoms with van der Waals surface area (Å²) in [6.45, 7) is 6.77. The van der Waals surface area contributed by atoms with Gasteiger partial charge in [-0.25, -0.2) is 0 Å². The molecule has 0 aromatic carbocycles. The second-order valence-corrected chi connectivity index (χ2v) is 4.57. The Bertz CT molecular complexity index is 186. The van der Waals surface area contributed by atoms with Crippen molar-refractivity contribution in [3.63, 3.8) is 0 Å². The first-order valence-corrected chi connectivity index (χ1v) is 7.20. The van der Waals surface area contributed by atoms with Gasteiger partial charge >= 0.3 is 0 Å². The highest BCUT2D eigenvalue weighted by Gasteiger charge is 1.90. The molecule has 0 fully saturated rings. The van der Waals surface area contributed by atoms with Crippen molar-refractivity contribution < 1.29 is 0 Å². The highest BCUT2D eigenvalue weighted by Crippen LogP contribution is 2.10. The van der Waals surface area contributed by atoms with Crippen LogP contribution in [-0.2, 0) is 0 Å². The standard InChI is InChI=1S/C16H30/c1-4-7-9-10-11-12-15-16(13-6-3)14-8-5-2/h12,14-15H,4-11,13H2,1-3H3/b15-12+,16-14+. The molecule has 0 bridgehead atoms. The molecule has 0 heteroatoms. The fourth-order valence-electron chi connectivity index (χ4n) is 1.80. The van der Waals surface area contributed by atoms with Crippen molar-refractivity contribution >= 4 is 0 Å². The molecule has 94 valence electrons. The molecule has 0 aromatic heterocycles. The van der Waals surface area contributed by atoms with Crippen LogP contribution in [0.15, 0.2) is 23.8 Å². The van der Waals surface area contributed by atoms with Gasteiger partial charge in [0.25, 0.3) is 0 Å². The van der Waals surface area contributed by atoms with Gasteiger partial charge in [-0.05, 0) is 25.7 Å². The third kappa shape index (κ3) is 10.0. The SMILES string of the molecule is CCC/C=C(/C=C/CCCCCC)CCC. The van der Waals surface area contributed by atoms with Gasteiger partial charge in [-0.15, -0.1) is 0 Å². The molecule has 0 amide bonds. The van der Waals surface area contributed by atoms with Gasteiger partial charge in [-0.1, -0.05) is 76.7 Å². The zero-order chi connectivity index (χ0) is 12.1. The predicted octanol–water partition coefficient (Wildman–Crippen LogP) is 6.04. The summed E-state index contributed by atoms with van der Waals surface area (Å²) < 4.78 is 0. The van der Waals surface area contributed by atoms with Gasteiger partial charge in [0.05, 0.1) is 0 Å². The summed E-state index contributed by atoms with van der Waals surface area (Å²) in [5, 5.41) is 0. The lowest BCUT2D eigenvalue weighted by atomic mass is 10.1. The fourth-order valence-corrected chi connectivity index (χ4v) is 1.80. The molecule has 0 heterocycles. The molecule has 0 saturated heterocycles. The molecule has 0 spiro atoms. The van der Waals surface area contributed by atoms with E-state index in [4.69, 9.17) is 0 Å². The van der Waals surface area contributed by atoms with Gasteiger partial charge in [-0.3, -0.25) is 0 Å². The van der Waals surface area contributed by atoms with E-state index in [9.17, 15) is 0 Å². The number of hydrogen-bond donors (Lipinski definition) is 0. The molecule has 0 unspecified atom stereocenters. The third-order valence-electron chi connectivity index (χ3n) is 2.79. The molecular formula is C16H30. The number of rotatable bonds is 10. The summed E-state index contributed by atoms with van der Waals surface area (Å²) in [6, 6.07) is 0. The van der Waals surface area contributed by atoms with E-state index in [0.717, 1.165) is 0 Å². The Hall–Kier alpha value is -0.520. The predicted molar refractivity (Wildman–Crippen MR) is 75.8 cm³/mol. The first-order chi connectivity index (χ1) is 7.85. The highest BCUT2D eigenvalue weighted by atomic mass is 14.0. The first-order valence-electron chi connectivity index (χ1n) is 7.20. The third-order valence-corrected chi connectivity index (χ3v) is 2.79. The topological polar surface area (TPSA) is 0 Å². The number of unbranched alkanes of at least 4 members (excludes halogenated alkanes) is 5. The minimum atomic E-state index is 1.23. The lowest BCUT2D eigenvalue weighted by Crippen LogP contribution is -1.79. The summed E-state index contributed by atoms with van der Waals surface area (Å²) in [7, 11) is 0. The lowest BCUT2D eigenvalue weighted by Gasteiger charge is -2.00. The fraction of sp³-hybridized carbons (Fsp3) is 0.750. The number of allylic oxidation sites excluding steroid dienone is 4. The number of hydrogen-bond acceptors (Lipinski definition) is 0. The summed E-state index contributed by atoms with van der Waals surface area (Å²) in [5.74, 6) is 0. The van der Waals surface area contributed by atoms with E-state index >= 15 is 0 Å². The van der Waals surface area contributed by atoms with E-state index in [-0.39, 0.29) is 0 Å². The van der Waals surface area contributed by atoms with Gasteiger partial charge in [0.2, 0.25) is 0 Å². The van der Waals surface area contributed by atoms with Gasteiger partial charge in [-0.2, -0.15) is 0 Å². The van der Waals surface area contributed by atoms with Gasteiger partial charge in [0.1, 0.15) is 0 Å². The van der Waals surface area contributed by atoms with E-state index in [2.05, 4.69) is 39.0 Å². The highest BCUT2D eigenvalue weighted by molar-refractivity contribution is 5.18. The molecule has 0 atom stereocenters. The largest absolute Gasteiger partial charge is 0.0843 e. The first kappa shape index (κ1) is 15.5. The van der Waals surface area contributed by atoms with Crippen molar-refractivity contribution in [1.82, 2.24) is 0 Å². The minimum Gasteiger partial charge on any atom is -0.0843 e. The van der Waals surface area contributed by atoms with Crippen LogP contribution >= 0.6 is 0 Å². The average molecular weight is 222 g/mol. The van der Waals surface area contributed by atoms with E-state index in [1.165, 1.54) is 57.8 Å². The van der Waals surface area contributed by atoms with Crippen molar-refractivity contribution in [2.75, 3.05) is 0 Å². The minimum absolute atomic E-state index is 1.23. The van der Waals surface area contributed by atoms with Gasteiger partial charge < -0.3 is 0 Å². The van der Waals surface area contributed by atoms with Gasteiger partial charge in [0, 0.05) is 0 Å². The molecule has 0 nitrogen and oxygen atoms in total. The van der Waals surface area contributed by atoms with Crippen LogP contribution in [-0.4, -0.2) is 0 Å². The van der Waals surface area contributed by atoms with E-state index in [1.807, 2.05) is 0 Å². The van der Waals surface area contributed by atoms with Crippen LogP contribution in [0.3, 0.4) is 0 Å². The van der Waals surface area contributed by atoms with Crippen LogP contribution in [0.2, 0.25) is 0 Å². The van der Waals surface area contributed by atoms with Crippen molar-refractivity contribution in [3.8, 4) is 0 Å². The van der Waals surface area contributed by atoms with Crippen LogP contribution in [0.1, 0.15) is 78.6 Å². The molecule has 0 aliphatic heterocycles. The Morgan fingerprint density at radius 3 is 2.25 bits per heavy atom. The maximum atomic E-state index is 2.41. The summed E-state index contributed by atoms with van der Waals surface area (Å²) >= 11 is 0. The molecule has 16 heavy (non-hydrogen) atoms. The second-order valence-electron chi connectivity index (χ2n) is 4.57. The molecule has 0 rings (SSSR count). The van der Waals surface area contributed by atoms with Crippen molar-refractivity contribution in [2.24, 2.45) is 0 Å². The van der Waals surface area contributed by atoms with E-state index in [0.29, 0.717) is 0 Å². The zero-order valence-corrected chi connectivity index (χ0v) is 11.6. The van der Waals surface area contributed by atoms with Crippen LogP contribution in [0.4, 0.5) is 0 Å². The molecule has 0 radical (unpaired) electrons. The molecule has 0 N–H and O–H groups in total. The average Bonchev–Trinajstić information content (AvgIpc) is 2.30. The lowest BCUT2D eigenvalue weighted by molar-refractivity contribution is 0.674. The molecule has 0 aliphatic rings. The van der Waals surface area contributed by atoms with Crippen molar-refractivity contribution in [3.05, 3.63) is 23.8 Å². The normalized spacial score (nSPS) is 12.6. The second kappa shape index (κ2) is 12.5. The van der Waals surface area contributed by atoms with Crippen molar-refractivity contribution in [1.29, 1.82) is 0 Å². The van der Waals surface area contributed by atoms with Crippen LogP contribution in [0.25, 0.3) is 0 Å². The van der Waals surface area contributed by atoms with Gasteiger partial charge in [0.15, 0.2) is 0 Å². The molecule has 0 saturated carbocycles. The van der Waals surface area contributed by atoms with E-state index in [1.54, 1.807) is 5.57 Å². The Morgan fingerprint density at radius 2 is 1.62 bits per heavy atom. The summed E-state index contributed by atoms with van der Waals surface area (Å²) in [4.78, 5) is 0. The summed E-state index contributed by atoms with van der Waals surface area (Å²) in [6.07, 6.45) is 18.9. The molecule has 0 aliphatic carbocycles. The van der Waals surface area contributed by atoms with Crippen LogP contribution in [0.5, 0.6) is 0 Å². The molecule has 0 aromatic rings. The Balaban J connectivity index is 3.75. The molecular weight excluding hydrogens is 192 g/mol. The Kier molecular flexibility index (Phi) is 12.1. The maximum Gasteiger partial charge on any atom is -0.0285 e. The maximum absolute atomic E-state index is 2.41. The van der Waals surface area contributed by atoms with Crippen molar-refractivity contribution in [2.45, 2.75) is 78.6 Å². The quantitative estimate of drug-likeness (QED) is 0.312. The van der Waals surface area contributed by atoms with Crippen LogP contribution < -0.4 is 0 Å². The smallest absolute Gasteiger partial charge is 0.0285 e. The monoisotopic (exact) mass is 222 g/mol. The zero-order valence-electron chi connectivity index (χ0n) is 11.6. The summed E-state index contributed by atoms with van der Waals surface area (Å²) in [5.41, 5.74) is 1.54. The Morgan fingerprint density at radius 1 is 0.812 bits per heavy atom. The Labute approximate surface area is 103 Å². The van der Waals surface area contributed by atoms with E-state index < -0.39 is 0 Å². The van der Waals surface area contributed by atoms with Crippen LogP contribution in [0, 0.1) is 0 Å².